The molecule has 1 fully saturated rings. The molecule has 1 aliphatic heterocycles. The molecule has 0 saturated carbocycles. The minimum absolute atomic E-state index is 0.0767. The average Bonchev–Trinajstić information content (AvgIpc) is 3.49. The number of thiazole rings is 1. The van der Waals surface area contributed by atoms with Gasteiger partial charge in [0.05, 0.1) is 18.3 Å². The fourth-order valence-electron chi connectivity index (χ4n) is 3.68. The summed E-state index contributed by atoms with van der Waals surface area (Å²) in [5, 5.41) is 11.4. The summed E-state index contributed by atoms with van der Waals surface area (Å²) in [5.74, 6) is 0.880. The number of aryl methyl sites for hydroxylation is 1. The van der Waals surface area contributed by atoms with Crippen molar-refractivity contribution in [2.24, 2.45) is 0 Å². The van der Waals surface area contributed by atoms with Crippen molar-refractivity contribution in [1.82, 2.24) is 24.1 Å². The Labute approximate surface area is 185 Å². The van der Waals surface area contributed by atoms with Gasteiger partial charge in [0, 0.05) is 35.1 Å². The van der Waals surface area contributed by atoms with Gasteiger partial charge >= 0.3 is 0 Å². The summed E-state index contributed by atoms with van der Waals surface area (Å²) in [5.41, 5.74) is 2.31. The number of hydrogen-bond acceptors (Lipinski definition) is 7. The number of nitrogens with zero attached hydrogens (tertiary/aromatic N) is 5. The van der Waals surface area contributed by atoms with E-state index in [1.807, 2.05) is 16.9 Å². The monoisotopic (exact) mass is 457 g/mol. The van der Waals surface area contributed by atoms with Crippen LogP contribution in [0.1, 0.15) is 24.2 Å². The van der Waals surface area contributed by atoms with Crippen LogP contribution in [-0.4, -0.2) is 36.9 Å². The number of aromatic nitrogens is 5. The highest BCUT2D eigenvalue weighted by molar-refractivity contribution is 7.98. The zero-order valence-electron chi connectivity index (χ0n) is 16.8. The average molecular weight is 458 g/mol. The molecule has 0 bridgehead atoms. The topological polar surface area (TPSA) is 74.3 Å². The van der Waals surface area contributed by atoms with Crippen molar-refractivity contribution in [3.63, 3.8) is 0 Å². The van der Waals surface area contributed by atoms with Gasteiger partial charge in [-0.2, -0.15) is 0 Å². The van der Waals surface area contributed by atoms with Crippen LogP contribution in [0.4, 0.5) is 4.39 Å². The molecule has 0 amide bonds. The van der Waals surface area contributed by atoms with Gasteiger partial charge in [-0.1, -0.05) is 11.8 Å². The van der Waals surface area contributed by atoms with Crippen LogP contribution in [0.15, 0.2) is 45.7 Å². The van der Waals surface area contributed by atoms with Gasteiger partial charge in [0.2, 0.25) is 0 Å². The van der Waals surface area contributed by atoms with E-state index < -0.39 is 0 Å². The molecule has 0 N–H and O–H groups in total. The van der Waals surface area contributed by atoms with Gasteiger partial charge in [-0.3, -0.25) is 13.8 Å². The van der Waals surface area contributed by atoms with E-state index in [2.05, 4.69) is 15.2 Å². The molecule has 4 aromatic rings. The fourth-order valence-corrected chi connectivity index (χ4v) is 5.41. The highest BCUT2D eigenvalue weighted by atomic mass is 32.2. The van der Waals surface area contributed by atoms with Crippen molar-refractivity contribution in [1.29, 1.82) is 0 Å². The number of hydrogen-bond donors (Lipinski definition) is 0. The molecule has 5 rings (SSSR count). The summed E-state index contributed by atoms with van der Waals surface area (Å²) < 4.78 is 22.8. The van der Waals surface area contributed by atoms with E-state index >= 15 is 0 Å². The van der Waals surface area contributed by atoms with E-state index in [1.165, 1.54) is 35.2 Å². The number of fused-ring (bicyclic) bond motifs is 1. The molecule has 160 valence electrons. The van der Waals surface area contributed by atoms with E-state index in [0.717, 1.165) is 35.9 Å². The molecular weight excluding hydrogens is 437 g/mol. The second-order valence-corrected chi connectivity index (χ2v) is 9.21. The van der Waals surface area contributed by atoms with Crippen molar-refractivity contribution < 1.29 is 9.13 Å². The van der Waals surface area contributed by atoms with E-state index in [1.54, 1.807) is 22.6 Å². The third kappa shape index (κ3) is 4.15. The maximum Gasteiger partial charge on any atom is 0.258 e. The molecule has 4 heterocycles. The van der Waals surface area contributed by atoms with Crippen LogP contribution in [0, 0.1) is 12.7 Å². The lowest BCUT2D eigenvalue weighted by atomic mass is 10.2. The summed E-state index contributed by atoms with van der Waals surface area (Å²) in [7, 11) is 0. The Bertz CT molecular complexity index is 1280. The summed E-state index contributed by atoms with van der Waals surface area (Å²) in [6.45, 7) is 3.28. The van der Waals surface area contributed by atoms with E-state index in [-0.39, 0.29) is 17.5 Å². The molecule has 1 aromatic carbocycles. The predicted octanol–water partition coefficient (Wildman–Crippen LogP) is 3.93. The molecule has 1 unspecified atom stereocenters. The van der Waals surface area contributed by atoms with Crippen LogP contribution in [-0.2, 0) is 17.0 Å². The first kappa shape index (κ1) is 20.3. The quantitative estimate of drug-likeness (QED) is 0.409. The Morgan fingerprint density at radius 1 is 1.29 bits per heavy atom. The zero-order chi connectivity index (χ0) is 21.4. The van der Waals surface area contributed by atoms with Crippen LogP contribution in [0.2, 0.25) is 0 Å². The van der Waals surface area contributed by atoms with Crippen molar-refractivity contribution in [2.75, 3.05) is 6.61 Å². The zero-order valence-corrected chi connectivity index (χ0v) is 18.5. The maximum atomic E-state index is 13.4. The molecule has 10 heteroatoms. The second-order valence-electron chi connectivity index (χ2n) is 7.43. The number of halogens is 1. The Morgan fingerprint density at radius 2 is 2.13 bits per heavy atom. The Balaban J connectivity index is 1.44. The van der Waals surface area contributed by atoms with Gasteiger partial charge in [0.15, 0.2) is 15.9 Å². The lowest BCUT2D eigenvalue weighted by Gasteiger charge is -2.14. The van der Waals surface area contributed by atoms with Gasteiger partial charge < -0.3 is 4.74 Å². The summed E-state index contributed by atoms with van der Waals surface area (Å²) in [6, 6.07) is 7.82. The highest BCUT2D eigenvalue weighted by Gasteiger charge is 2.22. The van der Waals surface area contributed by atoms with Gasteiger partial charge in [0.1, 0.15) is 5.82 Å². The molecule has 1 aliphatic rings. The van der Waals surface area contributed by atoms with Crippen LogP contribution < -0.4 is 5.56 Å². The summed E-state index contributed by atoms with van der Waals surface area (Å²) >= 11 is 2.93. The number of thioether (sulfide) groups is 1. The van der Waals surface area contributed by atoms with Gasteiger partial charge in [-0.15, -0.1) is 21.5 Å². The number of ether oxygens (including phenoxy) is 1. The maximum absolute atomic E-state index is 13.4. The first-order chi connectivity index (χ1) is 15.1. The first-order valence-electron chi connectivity index (χ1n) is 9.99. The van der Waals surface area contributed by atoms with E-state index in [0.29, 0.717) is 28.8 Å². The minimum Gasteiger partial charge on any atom is -0.376 e. The van der Waals surface area contributed by atoms with Gasteiger partial charge in [-0.25, -0.2) is 9.37 Å². The molecule has 1 atom stereocenters. The normalized spacial score (nSPS) is 16.4. The summed E-state index contributed by atoms with van der Waals surface area (Å²) in [4.78, 5) is 17.8. The van der Waals surface area contributed by atoms with Gasteiger partial charge in [0.25, 0.3) is 5.56 Å². The smallest absolute Gasteiger partial charge is 0.258 e. The Morgan fingerprint density at radius 3 is 2.90 bits per heavy atom. The van der Waals surface area contributed by atoms with Crippen molar-refractivity contribution in [3.05, 3.63) is 63.3 Å². The van der Waals surface area contributed by atoms with Gasteiger partial charge in [-0.05, 0) is 44.0 Å². The molecule has 0 aliphatic carbocycles. The molecular formula is C21H20FN5O2S2. The lowest BCUT2D eigenvalue weighted by Crippen LogP contribution is -2.17. The van der Waals surface area contributed by atoms with E-state index in [9.17, 15) is 9.18 Å². The van der Waals surface area contributed by atoms with Crippen LogP contribution in [0.3, 0.4) is 0 Å². The van der Waals surface area contributed by atoms with Crippen LogP contribution in [0.25, 0.3) is 16.3 Å². The third-order valence-corrected chi connectivity index (χ3v) is 7.15. The van der Waals surface area contributed by atoms with Crippen LogP contribution in [0.5, 0.6) is 0 Å². The number of benzene rings is 1. The molecule has 7 nitrogen and oxygen atoms in total. The Kier molecular flexibility index (Phi) is 5.59. The lowest BCUT2D eigenvalue weighted by molar-refractivity contribution is 0.0953. The molecule has 1 saturated heterocycles. The first-order valence-corrected chi connectivity index (χ1v) is 11.9. The standard InChI is InChI=1S/C21H20FN5O2S2/c1-13-11-30-20-23-16(9-18(28)27(13)20)12-31-21-25-24-19(14-4-6-15(22)7-5-14)26(21)10-17-3-2-8-29-17/h4-7,9,11,17H,2-3,8,10,12H2,1H3. The largest absolute Gasteiger partial charge is 0.376 e. The minimum atomic E-state index is -0.292. The third-order valence-electron chi connectivity index (χ3n) is 5.21. The highest BCUT2D eigenvalue weighted by Crippen LogP contribution is 2.28. The number of rotatable bonds is 6. The molecule has 0 radical (unpaired) electrons. The van der Waals surface area contributed by atoms with Crippen molar-refractivity contribution in [3.8, 4) is 11.4 Å². The molecule has 31 heavy (non-hydrogen) atoms. The predicted molar refractivity (Wildman–Crippen MR) is 118 cm³/mol. The Hall–Kier alpha value is -2.56. The SMILES string of the molecule is Cc1csc2nc(CSc3nnc(-c4ccc(F)cc4)n3CC3CCCO3)cc(=O)n12. The van der Waals surface area contributed by atoms with Crippen molar-refractivity contribution >= 4 is 28.1 Å². The molecule has 3 aromatic heterocycles. The molecule has 0 spiro atoms. The summed E-state index contributed by atoms with van der Waals surface area (Å²) in [6.07, 6.45) is 2.12. The van der Waals surface area contributed by atoms with E-state index in [4.69, 9.17) is 4.74 Å². The fraction of sp³-hybridized carbons (Fsp3) is 0.333. The van der Waals surface area contributed by atoms with Crippen LogP contribution >= 0.6 is 23.1 Å². The second kappa shape index (κ2) is 8.52. The van der Waals surface area contributed by atoms with Crippen molar-refractivity contribution in [2.45, 2.75) is 43.3 Å².